The molecule has 8 nitrogen and oxygen atoms in total. The Morgan fingerprint density at radius 3 is 2.78 bits per heavy atom. The summed E-state index contributed by atoms with van der Waals surface area (Å²) in [5.74, 6) is -0.620. The van der Waals surface area contributed by atoms with E-state index in [0.717, 1.165) is 38.5 Å². The number of morpholine rings is 1. The zero-order valence-corrected chi connectivity index (χ0v) is 16.3. The topological polar surface area (TPSA) is 96.7 Å². The first-order valence-electron chi connectivity index (χ1n) is 8.92. The number of nitrogens with one attached hydrogen (secondary N) is 2. The van der Waals surface area contributed by atoms with Gasteiger partial charge in [0.2, 0.25) is 5.91 Å². The monoisotopic (exact) mass is 392 g/mol. The van der Waals surface area contributed by atoms with Crippen LogP contribution in [-0.2, 0) is 16.1 Å². The van der Waals surface area contributed by atoms with Gasteiger partial charge in [0.15, 0.2) is 10.9 Å². The summed E-state index contributed by atoms with van der Waals surface area (Å²) >= 11 is 1.38. The smallest absolute Gasteiger partial charge is 0.287 e. The summed E-state index contributed by atoms with van der Waals surface area (Å²) in [5.41, 5.74) is 0.915. The van der Waals surface area contributed by atoms with Crippen LogP contribution in [0, 0.1) is 5.92 Å². The van der Waals surface area contributed by atoms with E-state index in [2.05, 4.69) is 20.5 Å². The molecule has 0 aromatic carbocycles. The first-order valence-corrected chi connectivity index (χ1v) is 9.80. The lowest BCUT2D eigenvalue weighted by Crippen LogP contribution is -2.47. The molecule has 0 spiro atoms. The fourth-order valence-corrected chi connectivity index (χ4v) is 3.47. The van der Waals surface area contributed by atoms with Gasteiger partial charge in [0.1, 0.15) is 6.04 Å². The van der Waals surface area contributed by atoms with Crippen LogP contribution in [0.25, 0.3) is 0 Å². The van der Waals surface area contributed by atoms with Crippen LogP contribution in [0.3, 0.4) is 0 Å². The summed E-state index contributed by atoms with van der Waals surface area (Å²) < 4.78 is 10.4. The van der Waals surface area contributed by atoms with Gasteiger partial charge in [-0.2, -0.15) is 0 Å². The summed E-state index contributed by atoms with van der Waals surface area (Å²) in [5, 5.41) is 8.00. The Hall–Kier alpha value is -2.23. The Labute approximate surface area is 161 Å². The molecule has 0 bridgehead atoms. The zero-order valence-electron chi connectivity index (χ0n) is 15.4. The highest BCUT2D eigenvalue weighted by Crippen LogP contribution is 2.18. The number of anilines is 1. The van der Waals surface area contributed by atoms with Gasteiger partial charge in [0.25, 0.3) is 5.91 Å². The maximum absolute atomic E-state index is 12.6. The molecule has 2 aromatic heterocycles. The summed E-state index contributed by atoms with van der Waals surface area (Å²) in [6.07, 6.45) is 1.42. The van der Waals surface area contributed by atoms with Crippen molar-refractivity contribution >= 4 is 28.3 Å². The number of amides is 2. The molecule has 1 aliphatic heterocycles. The summed E-state index contributed by atoms with van der Waals surface area (Å²) in [7, 11) is 0. The number of aromatic nitrogens is 1. The molecule has 1 aliphatic rings. The molecule has 1 unspecified atom stereocenters. The van der Waals surface area contributed by atoms with Crippen molar-refractivity contribution in [2.45, 2.75) is 26.4 Å². The van der Waals surface area contributed by atoms with Gasteiger partial charge in [-0.1, -0.05) is 13.8 Å². The molecule has 2 amide bonds. The number of carbonyl (C=O) groups excluding carboxylic acids is 2. The minimum atomic E-state index is -0.686. The molecule has 3 heterocycles. The molecule has 0 aliphatic carbocycles. The highest BCUT2D eigenvalue weighted by Gasteiger charge is 2.26. The lowest BCUT2D eigenvalue weighted by atomic mass is 10.0. The molecule has 0 saturated carbocycles. The van der Waals surface area contributed by atoms with Gasteiger partial charge >= 0.3 is 0 Å². The predicted molar refractivity (Wildman–Crippen MR) is 102 cm³/mol. The summed E-state index contributed by atoms with van der Waals surface area (Å²) in [4.78, 5) is 31.6. The van der Waals surface area contributed by atoms with E-state index < -0.39 is 11.9 Å². The molecule has 2 aromatic rings. The highest BCUT2D eigenvalue weighted by molar-refractivity contribution is 7.13. The number of hydrogen-bond donors (Lipinski definition) is 2. The maximum Gasteiger partial charge on any atom is 0.287 e. The molecule has 0 radical (unpaired) electrons. The molecule has 1 atom stereocenters. The Morgan fingerprint density at radius 2 is 2.11 bits per heavy atom. The van der Waals surface area contributed by atoms with Crippen LogP contribution >= 0.6 is 11.3 Å². The van der Waals surface area contributed by atoms with E-state index in [1.165, 1.54) is 17.6 Å². The van der Waals surface area contributed by atoms with Gasteiger partial charge in [-0.25, -0.2) is 4.98 Å². The summed E-state index contributed by atoms with van der Waals surface area (Å²) in [6, 6.07) is 2.50. The maximum atomic E-state index is 12.6. The number of furan rings is 1. The van der Waals surface area contributed by atoms with Gasteiger partial charge in [0, 0.05) is 25.0 Å². The third-order valence-corrected chi connectivity index (χ3v) is 5.06. The highest BCUT2D eigenvalue weighted by atomic mass is 32.1. The van der Waals surface area contributed by atoms with Crippen molar-refractivity contribution in [3.8, 4) is 0 Å². The van der Waals surface area contributed by atoms with Crippen molar-refractivity contribution in [1.29, 1.82) is 0 Å². The molecule has 146 valence electrons. The van der Waals surface area contributed by atoms with E-state index in [1.54, 1.807) is 12.1 Å². The SMILES string of the molecule is CC(C)C(NC(=O)c1ccco1)C(=O)Nc1nc(CN2CCOCC2)cs1. The van der Waals surface area contributed by atoms with Crippen molar-refractivity contribution < 1.29 is 18.7 Å². The van der Waals surface area contributed by atoms with E-state index in [4.69, 9.17) is 9.15 Å². The van der Waals surface area contributed by atoms with Crippen molar-refractivity contribution in [3.63, 3.8) is 0 Å². The number of ether oxygens (including phenoxy) is 1. The molecule has 27 heavy (non-hydrogen) atoms. The van der Waals surface area contributed by atoms with Gasteiger partial charge in [-0.3, -0.25) is 14.5 Å². The predicted octanol–water partition coefficient (Wildman–Crippen LogP) is 1.96. The van der Waals surface area contributed by atoms with Crippen molar-refractivity contribution in [3.05, 3.63) is 35.2 Å². The van der Waals surface area contributed by atoms with Crippen molar-refractivity contribution in [2.24, 2.45) is 5.92 Å². The minimum Gasteiger partial charge on any atom is -0.459 e. The van der Waals surface area contributed by atoms with Gasteiger partial charge < -0.3 is 19.8 Å². The molecule has 2 N–H and O–H groups in total. The Morgan fingerprint density at radius 1 is 1.33 bits per heavy atom. The number of rotatable bonds is 7. The van der Waals surface area contributed by atoms with Crippen LogP contribution in [0.4, 0.5) is 5.13 Å². The van der Waals surface area contributed by atoms with Crippen LogP contribution in [0.2, 0.25) is 0 Å². The lowest BCUT2D eigenvalue weighted by Gasteiger charge is -2.25. The number of thiazole rings is 1. The Kier molecular flexibility index (Phi) is 6.59. The molecule has 3 rings (SSSR count). The van der Waals surface area contributed by atoms with Crippen LogP contribution in [-0.4, -0.2) is 54.0 Å². The van der Waals surface area contributed by atoms with Crippen molar-refractivity contribution in [1.82, 2.24) is 15.2 Å². The first-order chi connectivity index (χ1) is 13.0. The first kappa shape index (κ1) is 19.5. The largest absolute Gasteiger partial charge is 0.459 e. The lowest BCUT2D eigenvalue weighted by molar-refractivity contribution is -0.118. The van der Waals surface area contributed by atoms with Crippen LogP contribution in [0.1, 0.15) is 30.1 Å². The molecule has 1 saturated heterocycles. The molecular weight excluding hydrogens is 368 g/mol. The van der Waals surface area contributed by atoms with Gasteiger partial charge in [-0.15, -0.1) is 11.3 Å². The van der Waals surface area contributed by atoms with E-state index in [0.29, 0.717) is 5.13 Å². The van der Waals surface area contributed by atoms with Crippen LogP contribution in [0.15, 0.2) is 28.2 Å². The fourth-order valence-electron chi connectivity index (χ4n) is 2.76. The zero-order chi connectivity index (χ0) is 19.2. The second-order valence-electron chi connectivity index (χ2n) is 6.69. The van der Waals surface area contributed by atoms with E-state index in [1.807, 2.05) is 19.2 Å². The molecule has 1 fully saturated rings. The third kappa shape index (κ3) is 5.38. The number of hydrogen-bond acceptors (Lipinski definition) is 7. The minimum absolute atomic E-state index is 0.0864. The second kappa shape index (κ2) is 9.12. The standard InChI is InChI=1S/C18H24N4O4S/c1-12(2)15(20-16(23)14-4-3-7-26-14)17(24)21-18-19-13(11-27-18)10-22-5-8-25-9-6-22/h3-4,7,11-12,15H,5-6,8-10H2,1-2H3,(H,20,23)(H,19,21,24). The average molecular weight is 392 g/mol. The average Bonchev–Trinajstić information content (AvgIpc) is 3.32. The van der Waals surface area contributed by atoms with Crippen LogP contribution < -0.4 is 10.6 Å². The number of nitrogens with zero attached hydrogens (tertiary/aromatic N) is 2. The van der Waals surface area contributed by atoms with E-state index in [-0.39, 0.29) is 17.6 Å². The second-order valence-corrected chi connectivity index (χ2v) is 7.55. The molecule has 9 heteroatoms. The summed E-state index contributed by atoms with van der Waals surface area (Å²) in [6.45, 7) is 7.72. The van der Waals surface area contributed by atoms with E-state index >= 15 is 0 Å². The number of carbonyl (C=O) groups is 2. The van der Waals surface area contributed by atoms with E-state index in [9.17, 15) is 9.59 Å². The van der Waals surface area contributed by atoms with Crippen LogP contribution in [0.5, 0.6) is 0 Å². The fraction of sp³-hybridized carbons (Fsp3) is 0.500. The third-order valence-electron chi connectivity index (χ3n) is 4.25. The normalized spacial score (nSPS) is 16.3. The van der Waals surface area contributed by atoms with Gasteiger partial charge in [0.05, 0.1) is 25.2 Å². The quantitative estimate of drug-likeness (QED) is 0.748. The van der Waals surface area contributed by atoms with Crippen molar-refractivity contribution in [2.75, 3.05) is 31.6 Å². The van der Waals surface area contributed by atoms with Gasteiger partial charge in [-0.05, 0) is 18.1 Å². The molecular formula is C18H24N4O4S. The Bertz CT molecular complexity index is 753. The Balaban J connectivity index is 1.57.